The first-order chi connectivity index (χ1) is 4.98. The highest BCUT2D eigenvalue weighted by Crippen LogP contribution is 2.07. The van der Waals surface area contributed by atoms with Crippen molar-refractivity contribution in [2.75, 3.05) is 13.3 Å². The van der Waals surface area contributed by atoms with Crippen molar-refractivity contribution in [3.05, 3.63) is 0 Å². The van der Waals surface area contributed by atoms with Gasteiger partial charge in [-0.2, -0.15) is 0 Å². The van der Waals surface area contributed by atoms with Crippen LogP contribution in [-0.4, -0.2) is 35.3 Å². The van der Waals surface area contributed by atoms with Gasteiger partial charge in [-0.25, -0.2) is 4.39 Å². The van der Waals surface area contributed by atoms with E-state index in [0.717, 1.165) is 0 Å². The molecular weight excluding hydrogens is 155 g/mol. The monoisotopic (exact) mass is 166 g/mol. The summed E-state index contributed by atoms with van der Waals surface area (Å²) in [6.45, 7) is -0.0684. The van der Waals surface area contributed by atoms with Crippen molar-refractivity contribution < 1.29 is 24.1 Å². The van der Waals surface area contributed by atoms with Gasteiger partial charge in [0.15, 0.2) is 0 Å². The molecule has 0 atom stereocenters. The van der Waals surface area contributed by atoms with Crippen LogP contribution >= 0.6 is 0 Å². The van der Waals surface area contributed by atoms with Crippen LogP contribution in [0.15, 0.2) is 0 Å². The van der Waals surface area contributed by atoms with Gasteiger partial charge in [0.2, 0.25) is 0 Å². The molecule has 0 unspecified atom stereocenters. The maximum atomic E-state index is 11.4. The normalized spacial score (nSPS) is 11.6. The number of aliphatic hydroxyl groups is 2. The van der Waals surface area contributed by atoms with Gasteiger partial charge >= 0.3 is 0 Å². The van der Waals surface area contributed by atoms with Gasteiger partial charge in [-0.1, -0.05) is 0 Å². The molecule has 0 aromatic heterocycles. The Morgan fingerprint density at radius 2 is 2.18 bits per heavy atom. The molecule has 0 aliphatic heterocycles. The van der Waals surface area contributed by atoms with Crippen LogP contribution in [0, 0.1) is 0 Å². The van der Waals surface area contributed by atoms with E-state index in [0.29, 0.717) is 0 Å². The molecule has 66 valence electrons. The van der Waals surface area contributed by atoms with E-state index in [1.165, 1.54) is 6.92 Å². The summed E-state index contributed by atoms with van der Waals surface area (Å²) >= 11 is 0. The molecule has 2 N–H and O–H groups in total. The lowest BCUT2D eigenvalue weighted by atomic mass is 10.3. The molecule has 0 bridgehead atoms. The van der Waals surface area contributed by atoms with E-state index in [9.17, 15) is 9.18 Å². The summed E-state index contributed by atoms with van der Waals surface area (Å²) < 4.78 is 15.6. The Morgan fingerprint density at radius 3 is 2.55 bits per heavy atom. The summed E-state index contributed by atoms with van der Waals surface area (Å²) in [6.07, 6.45) is -0.549. The summed E-state index contributed by atoms with van der Waals surface area (Å²) in [4.78, 5) is 10.3. The Labute approximate surface area is 63.6 Å². The van der Waals surface area contributed by atoms with Crippen molar-refractivity contribution in [1.82, 2.24) is 0 Å². The van der Waals surface area contributed by atoms with Gasteiger partial charge in [-0.15, -0.1) is 0 Å². The van der Waals surface area contributed by atoms with Crippen LogP contribution in [0.5, 0.6) is 0 Å². The Bertz CT molecular complexity index is 135. The summed E-state index contributed by atoms with van der Waals surface area (Å²) in [6, 6.07) is 0. The fourth-order valence-electron chi connectivity index (χ4n) is 0.577. The first kappa shape index (κ1) is 10.5. The Balaban J connectivity index is 3.70. The number of ether oxygens (including phenoxy) is 1. The highest BCUT2D eigenvalue weighted by atomic mass is 19.1. The highest BCUT2D eigenvalue weighted by molar-refractivity contribution is 5.76. The topological polar surface area (TPSA) is 66.8 Å². The van der Waals surface area contributed by atoms with Crippen LogP contribution in [0.25, 0.3) is 0 Å². The molecule has 0 spiro atoms. The minimum absolute atomic E-state index is 0.430. The average Bonchev–Trinajstić information content (AvgIpc) is 1.81. The van der Waals surface area contributed by atoms with Crippen molar-refractivity contribution in [2.45, 2.75) is 19.3 Å². The molecule has 0 heterocycles. The molecule has 0 aliphatic rings. The standard InChI is InChI=1S/C6H11FO4/c1-5(8)4-6(9,10)11-3-2-7/h9-10H,2-4H2,1H3. The minimum Gasteiger partial charge on any atom is -0.343 e. The van der Waals surface area contributed by atoms with Crippen molar-refractivity contribution in [2.24, 2.45) is 0 Å². The fourth-order valence-corrected chi connectivity index (χ4v) is 0.577. The summed E-state index contributed by atoms with van der Waals surface area (Å²) in [5.41, 5.74) is 0. The molecule has 0 saturated heterocycles. The lowest BCUT2D eigenvalue weighted by Crippen LogP contribution is -2.34. The van der Waals surface area contributed by atoms with Crippen LogP contribution in [0.4, 0.5) is 4.39 Å². The van der Waals surface area contributed by atoms with E-state index in [4.69, 9.17) is 10.2 Å². The predicted molar refractivity (Wildman–Crippen MR) is 34.4 cm³/mol. The third-order valence-corrected chi connectivity index (χ3v) is 0.890. The lowest BCUT2D eigenvalue weighted by molar-refractivity contribution is -0.335. The minimum atomic E-state index is -2.52. The molecule has 0 rings (SSSR count). The third-order valence-electron chi connectivity index (χ3n) is 0.890. The highest BCUT2D eigenvalue weighted by Gasteiger charge is 2.25. The molecule has 4 nitrogen and oxygen atoms in total. The van der Waals surface area contributed by atoms with Gasteiger partial charge in [0, 0.05) is 0 Å². The van der Waals surface area contributed by atoms with Gasteiger partial charge < -0.3 is 14.9 Å². The molecule has 11 heavy (non-hydrogen) atoms. The number of carbonyl (C=O) groups is 1. The van der Waals surface area contributed by atoms with E-state index < -0.39 is 31.5 Å². The molecule has 0 aromatic rings. The summed E-state index contributed by atoms with van der Waals surface area (Å²) in [5, 5.41) is 17.5. The zero-order chi connectivity index (χ0) is 8.91. The van der Waals surface area contributed by atoms with Gasteiger partial charge in [0.25, 0.3) is 5.97 Å². The molecule has 0 fully saturated rings. The van der Waals surface area contributed by atoms with Gasteiger partial charge in [0.05, 0.1) is 13.0 Å². The van der Waals surface area contributed by atoms with Crippen LogP contribution in [0.1, 0.15) is 13.3 Å². The average molecular weight is 166 g/mol. The zero-order valence-electron chi connectivity index (χ0n) is 6.21. The quantitative estimate of drug-likeness (QED) is 0.545. The summed E-state index contributed by atoms with van der Waals surface area (Å²) in [5.74, 6) is -2.95. The third kappa shape index (κ3) is 5.90. The Hall–Kier alpha value is -0.520. The number of Topliss-reactive ketones (excluding diaryl/α,β-unsaturated/α-hetero) is 1. The number of hydrogen-bond acceptors (Lipinski definition) is 4. The number of carbonyl (C=O) groups excluding carboxylic acids is 1. The van der Waals surface area contributed by atoms with Crippen molar-refractivity contribution >= 4 is 5.78 Å². The Kier molecular flexibility index (Phi) is 4.17. The van der Waals surface area contributed by atoms with Crippen LogP contribution in [0.3, 0.4) is 0 Å². The van der Waals surface area contributed by atoms with Crippen molar-refractivity contribution in [3.63, 3.8) is 0 Å². The van der Waals surface area contributed by atoms with Gasteiger partial charge in [0.1, 0.15) is 12.5 Å². The molecular formula is C6H11FO4. The van der Waals surface area contributed by atoms with Crippen LogP contribution in [0.2, 0.25) is 0 Å². The maximum absolute atomic E-state index is 11.4. The van der Waals surface area contributed by atoms with Gasteiger partial charge in [-0.05, 0) is 6.92 Å². The molecule has 0 aromatic carbocycles. The fraction of sp³-hybridized carbons (Fsp3) is 0.833. The van der Waals surface area contributed by atoms with E-state index in [-0.39, 0.29) is 0 Å². The van der Waals surface area contributed by atoms with E-state index in [1.807, 2.05) is 0 Å². The first-order valence-electron chi connectivity index (χ1n) is 3.12. The number of ketones is 1. The number of halogens is 1. The largest absolute Gasteiger partial charge is 0.343 e. The van der Waals surface area contributed by atoms with Gasteiger partial charge in [-0.3, -0.25) is 4.79 Å². The number of alkyl halides is 1. The SMILES string of the molecule is CC(=O)CC(O)(O)OCCF. The molecule has 0 saturated carbocycles. The molecule has 5 heteroatoms. The zero-order valence-corrected chi connectivity index (χ0v) is 6.21. The van der Waals surface area contributed by atoms with Crippen LogP contribution in [-0.2, 0) is 9.53 Å². The Morgan fingerprint density at radius 1 is 1.64 bits per heavy atom. The van der Waals surface area contributed by atoms with Crippen molar-refractivity contribution in [1.29, 1.82) is 0 Å². The maximum Gasteiger partial charge on any atom is 0.285 e. The molecule has 0 radical (unpaired) electrons. The second-order valence-electron chi connectivity index (χ2n) is 2.16. The first-order valence-corrected chi connectivity index (χ1v) is 3.12. The van der Waals surface area contributed by atoms with E-state index in [1.54, 1.807) is 0 Å². The van der Waals surface area contributed by atoms with E-state index in [2.05, 4.69) is 4.74 Å². The van der Waals surface area contributed by atoms with Crippen molar-refractivity contribution in [3.8, 4) is 0 Å². The number of hydrogen-bond donors (Lipinski definition) is 2. The lowest BCUT2D eigenvalue weighted by Gasteiger charge is -2.19. The second-order valence-corrected chi connectivity index (χ2v) is 2.16. The molecule has 0 aliphatic carbocycles. The smallest absolute Gasteiger partial charge is 0.285 e. The molecule has 0 amide bonds. The van der Waals surface area contributed by atoms with E-state index >= 15 is 0 Å². The number of rotatable bonds is 5. The second kappa shape index (κ2) is 4.38. The predicted octanol–water partition coefficient (Wildman–Crippen LogP) is -0.410. The summed E-state index contributed by atoms with van der Waals surface area (Å²) in [7, 11) is 0. The van der Waals surface area contributed by atoms with Crippen LogP contribution < -0.4 is 0 Å².